The predicted molar refractivity (Wildman–Crippen MR) is 99.4 cm³/mol. The maximum Gasteiger partial charge on any atom is 0.161 e. The highest BCUT2D eigenvalue weighted by atomic mass is 16.5. The third kappa shape index (κ3) is 3.01. The Labute approximate surface area is 147 Å². The summed E-state index contributed by atoms with van der Waals surface area (Å²) in [6.45, 7) is 3.42. The number of methoxy groups -OCH3 is 2. The predicted octanol–water partition coefficient (Wildman–Crippen LogP) is 4.46. The van der Waals surface area contributed by atoms with Crippen molar-refractivity contribution in [1.82, 2.24) is 0 Å². The van der Waals surface area contributed by atoms with Crippen LogP contribution < -0.4 is 9.47 Å². The molecular weight excluding hydrogens is 316 g/mol. The first-order valence-corrected chi connectivity index (χ1v) is 8.06. The molecule has 0 aromatic heterocycles. The van der Waals surface area contributed by atoms with Gasteiger partial charge in [-0.1, -0.05) is 30.3 Å². The summed E-state index contributed by atoms with van der Waals surface area (Å²) in [5.74, 6) is 1.20. The molecule has 0 saturated heterocycles. The Morgan fingerprint density at radius 2 is 1.40 bits per heavy atom. The lowest BCUT2D eigenvalue weighted by Crippen LogP contribution is -2.17. The smallest absolute Gasteiger partial charge is 0.161 e. The topological polar surface area (TPSA) is 58.9 Å². The second-order valence-corrected chi connectivity index (χ2v) is 6.50. The van der Waals surface area contributed by atoms with Gasteiger partial charge in [0.1, 0.15) is 5.75 Å². The average molecular weight is 338 g/mol. The van der Waals surface area contributed by atoms with E-state index in [0.29, 0.717) is 22.4 Å². The summed E-state index contributed by atoms with van der Waals surface area (Å²) in [4.78, 5) is 0. The first-order valence-electron chi connectivity index (χ1n) is 8.06. The van der Waals surface area contributed by atoms with Crippen molar-refractivity contribution in [2.75, 3.05) is 14.2 Å². The van der Waals surface area contributed by atoms with Crippen LogP contribution in [0.15, 0.2) is 48.5 Å². The van der Waals surface area contributed by atoms with Crippen molar-refractivity contribution in [3.8, 4) is 28.4 Å². The molecule has 0 aliphatic rings. The maximum atomic E-state index is 10.7. The molecule has 0 spiro atoms. The molecule has 0 saturated carbocycles. The van der Waals surface area contributed by atoms with Crippen LogP contribution in [0.4, 0.5) is 0 Å². The first-order chi connectivity index (χ1) is 11.9. The van der Waals surface area contributed by atoms with Gasteiger partial charge < -0.3 is 19.7 Å². The van der Waals surface area contributed by atoms with Crippen molar-refractivity contribution in [1.29, 1.82) is 0 Å². The summed E-state index contributed by atoms with van der Waals surface area (Å²) < 4.78 is 10.8. The number of hydrogen-bond donors (Lipinski definition) is 2. The molecule has 3 aromatic rings. The number of hydrogen-bond acceptors (Lipinski definition) is 4. The van der Waals surface area contributed by atoms with Gasteiger partial charge in [-0.15, -0.1) is 0 Å². The lowest BCUT2D eigenvalue weighted by molar-refractivity contribution is 0.0791. The second-order valence-electron chi connectivity index (χ2n) is 6.50. The largest absolute Gasteiger partial charge is 0.507 e. The third-order valence-corrected chi connectivity index (χ3v) is 4.34. The standard InChI is InChI=1S/C21H22O4/c1-21(2,23)16-12-17(22)14-10-18(24-3)19(25-4)11-15(14)20(16)13-8-6-5-7-9-13/h5-12,22-23H,1-4H3. The van der Waals surface area contributed by atoms with E-state index in [0.717, 1.165) is 16.5 Å². The Morgan fingerprint density at radius 3 is 1.92 bits per heavy atom. The molecular formula is C21H22O4. The number of phenolic OH excluding ortho intramolecular Hbond substituents is 1. The van der Waals surface area contributed by atoms with Gasteiger partial charge in [-0.3, -0.25) is 0 Å². The van der Waals surface area contributed by atoms with Gasteiger partial charge in [0.05, 0.1) is 19.8 Å². The van der Waals surface area contributed by atoms with E-state index in [1.165, 1.54) is 0 Å². The van der Waals surface area contributed by atoms with Crippen LogP contribution in [-0.2, 0) is 5.60 Å². The van der Waals surface area contributed by atoms with Gasteiger partial charge in [-0.2, -0.15) is 0 Å². The van der Waals surface area contributed by atoms with E-state index in [9.17, 15) is 10.2 Å². The first kappa shape index (κ1) is 17.1. The number of ether oxygens (including phenoxy) is 2. The van der Waals surface area contributed by atoms with Crippen LogP contribution in [0.3, 0.4) is 0 Å². The number of benzene rings is 3. The monoisotopic (exact) mass is 338 g/mol. The Morgan fingerprint density at radius 1 is 0.840 bits per heavy atom. The molecule has 4 nitrogen and oxygen atoms in total. The zero-order valence-corrected chi connectivity index (χ0v) is 14.8. The van der Waals surface area contributed by atoms with Crippen LogP contribution in [0.25, 0.3) is 21.9 Å². The maximum absolute atomic E-state index is 10.7. The molecule has 0 radical (unpaired) electrons. The van der Waals surface area contributed by atoms with E-state index < -0.39 is 5.60 Å². The van der Waals surface area contributed by atoms with Crippen LogP contribution in [0.2, 0.25) is 0 Å². The van der Waals surface area contributed by atoms with E-state index in [1.807, 2.05) is 36.4 Å². The molecule has 0 unspecified atom stereocenters. The van der Waals surface area contributed by atoms with Gasteiger partial charge >= 0.3 is 0 Å². The zero-order valence-electron chi connectivity index (χ0n) is 14.8. The Kier molecular flexibility index (Phi) is 4.31. The number of aromatic hydroxyl groups is 1. The number of rotatable bonds is 4. The van der Waals surface area contributed by atoms with Crippen molar-refractivity contribution in [2.45, 2.75) is 19.4 Å². The van der Waals surface area contributed by atoms with Crippen LogP contribution in [0, 0.1) is 0 Å². The summed E-state index contributed by atoms with van der Waals surface area (Å²) in [7, 11) is 3.13. The average Bonchev–Trinajstić information content (AvgIpc) is 2.60. The van der Waals surface area contributed by atoms with Crippen LogP contribution in [0.1, 0.15) is 19.4 Å². The molecule has 25 heavy (non-hydrogen) atoms. The van der Waals surface area contributed by atoms with Gasteiger partial charge in [-0.05, 0) is 54.1 Å². The van der Waals surface area contributed by atoms with E-state index in [2.05, 4.69) is 0 Å². The molecule has 2 N–H and O–H groups in total. The summed E-state index contributed by atoms with van der Waals surface area (Å²) in [6.07, 6.45) is 0. The fourth-order valence-electron chi connectivity index (χ4n) is 3.13. The molecule has 0 atom stereocenters. The lowest BCUT2D eigenvalue weighted by atomic mass is 9.85. The minimum absolute atomic E-state index is 0.0905. The minimum Gasteiger partial charge on any atom is -0.507 e. The third-order valence-electron chi connectivity index (χ3n) is 4.34. The van der Waals surface area contributed by atoms with Crippen LogP contribution >= 0.6 is 0 Å². The normalized spacial score (nSPS) is 11.6. The second kappa shape index (κ2) is 6.30. The fraction of sp³-hybridized carbons (Fsp3) is 0.238. The zero-order chi connectivity index (χ0) is 18.2. The molecule has 3 rings (SSSR count). The molecule has 0 aliphatic carbocycles. The van der Waals surface area contributed by atoms with E-state index in [4.69, 9.17) is 9.47 Å². The van der Waals surface area contributed by atoms with Crippen molar-refractivity contribution in [2.24, 2.45) is 0 Å². The SMILES string of the molecule is COc1cc2c(O)cc(C(C)(C)O)c(-c3ccccc3)c2cc1OC. The molecule has 0 bridgehead atoms. The summed E-state index contributed by atoms with van der Waals surface area (Å²) in [5, 5.41) is 22.7. The van der Waals surface area contributed by atoms with Gasteiger partial charge in [0.2, 0.25) is 0 Å². The molecule has 0 fully saturated rings. The highest BCUT2D eigenvalue weighted by Crippen LogP contribution is 2.45. The van der Waals surface area contributed by atoms with E-state index in [-0.39, 0.29) is 5.75 Å². The Hall–Kier alpha value is -2.72. The highest BCUT2D eigenvalue weighted by molar-refractivity contribution is 6.03. The molecule has 0 aliphatic heterocycles. The van der Waals surface area contributed by atoms with Crippen LogP contribution in [-0.4, -0.2) is 24.4 Å². The van der Waals surface area contributed by atoms with Crippen LogP contribution in [0.5, 0.6) is 17.2 Å². The Balaban J connectivity index is 2.49. The lowest BCUT2D eigenvalue weighted by Gasteiger charge is -2.24. The molecule has 3 aromatic carbocycles. The summed E-state index contributed by atoms with van der Waals surface area (Å²) in [5.41, 5.74) is 1.35. The van der Waals surface area contributed by atoms with Crippen molar-refractivity contribution in [3.63, 3.8) is 0 Å². The van der Waals surface area contributed by atoms with E-state index >= 15 is 0 Å². The van der Waals surface area contributed by atoms with E-state index in [1.54, 1.807) is 40.2 Å². The fourth-order valence-corrected chi connectivity index (χ4v) is 3.13. The summed E-state index contributed by atoms with van der Waals surface area (Å²) >= 11 is 0. The number of phenols is 1. The molecule has 0 heterocycles. The molecule has 0 amide bonds. The number of fused-ring (bicyclic) bond motifs is 1. The highest BCUT2D eigenvalue weighted by Gasteiger charge is 2.25. The minimum atomic E-state index is -1.12. The quantitative estimate of drug-likeness (QED) is 0.737. The molecule has 4 heteroatoms. The van der Waals surface area contributed by atoms with Gasteiger partial charge in [-0.25, -0.2) is 0 Å². The van der Waals surface area contributed by atoms with Crippen molar-refractivity contribution >= 4 is 10.8 Å². The van der Waals surface area contributed by atoms with Gasteiger partial charge in [0.15, 0.2) is 11.5 Å². The van der Waals surface area contributed by atoms with Gasteiger partial charge in [0.25, 0.3) is 0 Å². The molecule has 130 valence electrons. The van der Waals surface area contributed by atoms with Crippen molar-refractivity contribution < 1.29 is 19.7 Å². The number of aliphatic hydroxyl groups is 1. The van der Waals surface area contributed by atoms with Crippen molar-refractivity contribution in [3.05, 3.63) is 54.1 Å². The summed E-state index contributed by atoms with van der Waals surface area (Å²) in [6, 6.07) is 15.0. The van der Waals surface area contributed by atoms with Gasteiger partial charge in [0, 0.05) is 5.39 Å². The Bertz CT molecular complexity index is 909.